The SMILES string of the molecule is C=CCOCC(O)CN(CC(=O)N1CCc2sccc2C1COc1cccc(C)c1)C(C)C. The highest BCUT2D eigenvalue weighted by molar-refractivity contribution is 7.10. The van der Waals surface area contributed by atoms with Crippen molar-refractivity contribution in [3.63, 3.8) is 0 Å². The molecule has 2 atom stereocenters. The first kappa shape index (κ1) is 25.4. The van der Waals surface area contributed by atoms with Gasteiger partial charge in [-0.1, -0.05) is 18.2 Å². The van der Waals surface area contributed by atoms with Crippen molar-refractivity contribution >= 4 is 17.2 Å². The Morgan fingerprint density at radius 2 is 2.21 bits per heavy atom. The van der Waals surface area contributed by atoms with Crippen LogP contribution >= 0.6 is 11.3 Å². The first-order chi connectivity index (χ1) is 15.9. The summed E-state index contributed by atoms with van der Waals surface area (Å²) >= 11 is 1.75. The standard InChI is InChI=1S/C26H36N2O4S/c1-5-12-31-17-21(29)15-27(19(2)3)16-26(30)28-11-9-25-23(10-13-33-25)24(28)18-32-22-8-6-7-20(4)14-22/h5-8,10,13-14,19,21,24,29H,1,9,11-12,15-18H2,2-4H3. The number of fused-ring (bicyclic) bond motifs is 1. The van der Waals surface area contributed by atoms with Crippen LogP contribution in [0.1, 0.15) is 35.9 Å². The average molecular weight is 473 g/mol. The number of aliphatic hydroxyl groups is 1. The van der Waals surface area contributed by atoms with Crippen LogP contribution in [-0.4, -0.2) is 72.4 Å². The van der Waals surface area contributed by atoms with Gasteiger partial charge in [0.15, 0.2) is 0 Å². The summed E-state index contributed by atoms with van der Waals surface area (Å²) in [6.07, 6.45) is 1.86. The van der Waals surface area contributed by atoms with Crippen molar-refractivity contribution in [2.24, 2.45) is 0 Å². The van der Waals surface area contributed by atoms with E-state index in [1.807, 2.05) is 54.8 Å². The van der Waals surface area contributed by atoms with Gasteiger partial charge in [-0.15, -0.1) is 17.9 Å². The minimum atomic E-state index is -0.662. The van der Waals surface area contributed by atoms with Crippen molar-refractivity contribution in [3.05, 3.63) is 64.4 Å². The maximum Gasteiger partial charge on any atom is 0.237 e. The number of aryl methyl sites for hydroxylation is 1. The zero-order chi connectivity index (χ0) is 23.8. The van der Waals surface area contributed by atoms with Crippen molar-refractivity contribution in [1.82, 2.24) is 9.80 Å². The van der Waals surface area contributed by atoms with Crippen LogP contribution < -0.4 is 4.74 Å². The molecule has 0 spiro atoms. The van der Waals surface area contributed by atoms with E-state index < -0.39 is 6.10 Å². The van der Waals surface area contributed by atoms with Gasteiger partial charge in [0, 0.05) is 24.0 Å². The molecule has 2 heterocycles. The third-order valence-electron chi connectivity index (χ3n) is 5.87. The van der Waals surface area contributed by atoms with Gasteiger partial charge in [0.2, 0.25) is 5.91 Å². The van der Waals surface area contributed by atoms with Crippen molar-refractivity contribution < 1.29 is 19.4 Å². The van der Waals surface area contributed by atoms with Gasteiger partial charge in [-0.05, 0) is 61.9 Å². The molecule has 1 aromatic heterocycles. The summed E-state index contributed by atoms with van der Waals surface area (Å²) in [5, 5.41) is 12.5. The molecule has 2 unspecified atom stereocenters. The molecule has 6 nitrogen and oxygen atoms in total. The molecule has 33 heavy (non-hydrogen) atoms. The zero-order valence-electron chi connectivity index (χ0n) is 19.9. The van der Waals surface area contributed by atoms with E-state index in [4.69, 9.17) is 9.47 Å². The normalized spacial score (nSPS) is 16.7. The Morgan fingerprint density at radius 1 is 1.39 bits per heavy atom. The Hall–Kier alpha value is -2.19. The maximum absolute atomic E-state index is 13.5. The summed E-state index contributed by atoms with van der Waals surface area (Å²) in [6, 6.07) is 10.1. The fourth-order valence-electron chi connectivity index (χ4n) is 4.09. The van der Waals surface area contributed by atoms with E-state index in [0.29, 0.717) is 26.3 Å². The predicted octanol–water partition coefficient (Wildman–Crippen LogP) is 3.84. The fourth-order valence-corrected chi connectivity index (χ4v) is 5.02. The minimum Gasteiger partial charge on any atom is -0.491 e. The Bertz CT molecular complexity index is 913. The van der Waals surface area contributed by atoms with E-state index in [2.05, 4.69) is 18.0 Å². The highest BCUT2D eigenvalue weighted by Gasteiger charge is 2.33. The first-order valence-electron chi connectivity index (χ1n) is 11.5. The number of thiophene rings is 1. The lowest BCUT2D eigenvalue weighted by Crippen LogP contribution is -2.49. The van der Waals surface area contributed by atoms with Crippen LogP contribution in [0, 0.1) is 6.92 Å². The van der Waals surface area contributed by atoms with Gasteiger partial charge in [-0.25, -0.2) is 0 Å². The number of amides is 1. The summed E-state index contributed by atoms with van der Waals surface area (Å²) in [6.45, 7) is 12.1. The molecule has 2 aromatic rings. The number of benzene rings is 1. The predicted molar refractivity (Wildman–Crippen MR) is 133 cm³/mol. The van der Waals surface area contributed by atoms with Gasteiger partial charge < -0.3 is 19.5 Å². The van der Waals surface area contributed by atoms with E-state index in [-0.39, 0.29) is 31.1 Å². The van der Waals surface area contributed by atoms with E-state index in [1.165, 1.54) is 10.4 Å². The van der Waals surface area contributed by atoms with Crippen LogP contribution in [0.3, 0.4) is 0 Å². The van der Waals surface area contributed by atoms with Gasteiger partial charge in [0.05, 0.1) is 31.9 Å². The monoisotopic (exact) mass is 472 g/mol. The number of hydrogen-bond acceptors (Lipinski definition) is 6. The van der Waals surface area contributed by atoms with E-state index in [0.717, 1.165) is 17.7 Å². The molecule has 0 saturated carbocycles. The second-order valence-electron chi connectivity index (χ2n) is 8.78. The number of aliphatic hydroxyl groups excluding tert-OH is 1. The van der Waals surface area contributed by atoms with Crippen molar-refractivity contribution in [1.29, 1.82) is 0 Å². The molecule has 0 radical (unpaired) electrons. The highest BCUT2D eigenvalue weighted by Crippen LogP contribution is 2.34. The van der Waals surface area contributed by atoms with Crippen LogP contribution in [0.15, 0.2) is 48.4 Å². The van der Waals surface area contributed by atoms with Gasteiger partial charge in [-0.2, -0.15) is 0 Å². The summed E-state index contributed by atoms with van der Waals surface area (Å²) < 4.78 is 11.5. The van der Waals surface area contributed by atoms with Crippen molar-refractivity contribution in [2.45, 2.75) is 45.4 Å². The fraction of sp³-hybridized carbons (Fsp3) is 0.500. The lowest BCUT2D eigenvalue weighted by molar-refractivity contribution is -0.137. The molecule has 0 fully saturated rings. The Balaban J connectivity index is 1.68. The van der Waals surface area contributed by atoms with E-state index >= 15 is 0 Å². The number of hydrogen-bond donors (Lipinski definition) is 1. The van der Waals surface area contributed by atoms with Crippen molar-refractivity contribution in [3.8, 4) is 5.75 Å². The van der Waals surface area contributed by atoms with Crippen LogP contribution in [0.5, 0.6) is 5.75 Å². The Morgan fingerprint density at radius 3 is 2.94 bits per heavy atom. The summed E-state index contributed by atoms with van der Waals surface area (Å²) in [5.74, 6) is 0.869. The molecule has 1 N–H and O–H groups in total. The zero-order valence-corrected chi connectivity index (χ0v) is 20.7. The molecular formula is C26H36N2O4S. The van der Waals surface area contributed by atoms with E-state index in [1.54, 1.807) is 17.4 Å². The third kappa shape index (κ3) is 7.14. The van der Waals surface area contributed by atoms with Crippen LogP contribution in [0.4, 0.5) is 0 Å². The van der Waals surface area contributed by atoms with Crippen LogP contribution in [0.2, 0.25) is 0 Å². The number of nitrogens with zero attached hydrogens (tertiary/aromatic N) is 2. The molecule has 3 rings (SSSR count). The molecular weight excluding hydrogens is 436 g/mol. The van der Waals surface area contributed by atoms with Crippen molar-refractivity contribution in [2.75, 3.05) is 39.5 Å². The third-order valence-corrected chi connectivity index (χ3v) is 6.87. The summed E-state index contributed by atoms with van der Waals surface area (Å²) in [4.78, 5) is 18.7. The summed E-state index contributed by atoms with van der Waals surface area (Å²) in [5.41, 5.74) is 2.32. The Labute approximate surface area is 201 Å². The molecule has 0 aliphatic carbocycles. The number of carbonyl (C=O) groups excluding carboxylic acids is 1. The van der Waals surface area contributed by atoms with Gasteiger partial charge in [0.1, 0.15) is 12.4 Å². The largest absolute Gasteiger partial charge is 0.491 e. The van der Waals surface area contributed by atoms with Gasteiger partial charge in [0.25, 0.3) is 0 Å². The molecule has 0 saturated heterocycles. The minimum absolute atomic E-state index is 0.0533. The van der Waals surface area contributed by atoms with Crippen LogP contribution in [-0.2, 0) is 16.0 Å². The molecule has 1 aliphatic rings. The molecule has 0 bridgehead atoms. The maximum atomic E-state index is 13.5. The van der Waals surface area contributed by atoms with Crippen LogP contribution in [0.25, 0.3) is 0 Å². The van der Waals surface area contributed by atoms with E-state index in [9.17, 15) is 9.90 Å². The quantitative estimate of drug-likeness (QED) is 0.376. The Kier molecular flexibility index (Phi) is 9.50. The second-order valence-corrected chi connectivity index (χ2v) is 9.78. The van der Waals surface area contributed by atoms with Gasteiger partial charge >= 0.3 is 0 Å². The second kappa shape index (κ2) is 12.3. The number of rotatable bonds is 12. The molecule has 7 heteroatoms. The van der Waals surface area contributed by atoms with Gasteiger partial charge in [-0.3, -0.25) is 9.69 Å². The molecule has 1 aliphatic heterocycles. The first-order valence-corrected chi connectivity index (χ1v) is 12.4. The topological polar surface area (TPSA) is 62.2 Å². The lowest BCUT2D eigenvalue weighted by atomic mass is 10.00. The lowest BCUT2D eigenvalue weighted by Gasteiger charge is -2.38. The molecule has 1 amide bonds. The molecule has 180 valence electrons. The smallest absolute Gasteiger partial charge is 0.237 e. The summed E-state index contributed by atoms with van der Waals surface area (Å²) in [7, 11) is 0. The number of carbonyl (C=O) groups is 1. The highest BCUT2D eigenvalue weighted by atomic mass is 32.1. The average Bonchev–Trinajstić information content (AvgIpc) is 3.26. The molecule has 1 aromatic carbocycles. The number of ether oxygens (including phenoxy) is 2.